The van der Waals surface area contributed by atoms with Crippen LogP contribution in [0, 0.1) is 0 Å². The molecule has 0 bridgehead atoms. The number of morpholine rings is 1. The number of halogens is 4. The van der Waals surface area contributed by atoms with Gasteiger partial charge in [-0.1, -0.05) is 18.0 Å². The SMILES string of the molecule is O=C(C[C@H]1C(=O)OC[C@@H]2CCCCN21)Nc1cc(C(F)(F)F)ccc1Cl. The van der Waals surface area contributed by atoms with Crippen molar-refractivity contribution >= 4 is 29.2 Å². The van der Waals surface area contributed by atoms with Crippen LogP contribution < -0.4 is 5.32 Å². The average molecular weight is 391 g/mol. The van der Waals surface area contributed by atoms with Crippen molar-refractivity contribution in [3.8, 4) is 0 Å². The lowest BCUT2D eigenvalue weighted by Crippen LogP contribution is -2.57. The highest BCUT2D eigenvalue weighted by Gasteiger charge is 2.40. The Morgan fingerprint density at radius 2 is 2.12 bits per heavy atom. The van der Waals surface area contributed by atoms with E-state index in [1.165, 1.54) is 0 Å². The van der Waals surface area contributed by atoms with E-state index in [1.54, 1.807) is 0 Å². The van der Waals surface area contributed by atoms with E-state index in [2.05, 4.69) is 5.32 Å². The van der Waals surface area contributed by atoms with Crippen molar-refractivity contribution in [3.63, 3.8) is 0 Å². The van der Waals surface area contributed by atoms with Gasteiger partial charge in [0.1, 0.15) is 12.6 Å². The fourth-order valence-electron chi connectivity index (χ4n) is 3.40. The van der Waals surface area contributed by atoms with E-state index in [-0.39, 0.29) is 23.2 Å². The van der Waals surface area contributed by atoms with Gasteiger partial charge in [-0.15, -0.1) is 0 Å². The number of hydrogen-bond donors (Lipinski definition) is 1. The molecule has 1 N–H and O–H groups in total. The number of nitrogens with one attached hydrogen (secondary N) is 1. The Kier molecular flexibility index (Phi) is 5.43. The van der Waals surface area contributed by atoms with Crippen LogP contribution in [0.25, 0.3) is 0 Å². The number of piperidine rings is 1. The second kappa shape index (κ2) is 7.44. The minimum atomic E-state index is -4.54. The Bertz CT molecular complexity index is 711. The van der Waals surface area contributed by atoms with Crippen LogP contribution in [0.5, 0.6) is 0 Å². The van der Waals surface area contributed by atoms with Crippen molar-refractivity contribution in [1.82, 2.24) is 4.90 Å². The monoisotopic (exact) mass is 390 g/mol. The first-order valence-electron chi connectivity index (χ1n) is 8.34. The lowest BCUT2D eigenvalue weighted by Gasteiger charge is -2.43. The Balaban J connectivity index is 1.71. The smallest absolute Gasteiger partial charge is 0.416 e. The number of benzene rings is 1. The molecular weight excluding hydrogens is 373 g/mol. The van der Waals surface area contributed by atoms with Crippen LogP contribution in [0.1, 0.15) is 31.2 Å². The molecule has 1 amide bonds. The van der Waals surface area contributed by atoms with E-state index in [0.717, 1.165) is 37.5 Å². The number of nitrogens with zero attached hydrogens (tertiary/aromatic N) is 1. The fraction of sp³-hybridized carbons (Fsp3) is 0.529. The van der Waals surface area contributed by atoms with Gasteiger partial charge in [0, 0.05) is 6.04 Å². The minimum absolute atomic E-state index is 0.00609. The van der Waals surface area contributed by atoms with Gasteiger partial charge in [0.05, 0.1) is 22.7 Å². The Labute approximate surface area is 153 Å². The summed E-state index contributed by atoms with van der Waals surface area (Å²) in [5, 5.41) is 2.37. The lowest BCUT2D eigenvalue weighted by atomic mass is 9.97. The number of carbonyl (C=O) groups is 2. The fourth-order valence-corrected chi connectivity index (χ4v) is 3.56. The zero-order valence-corrected chi connectivity index (χ0v) is 14.6. The predicted molar refractivity (Wildman–Crippen MR) is 88.8 cm³/mol. The lowest BCUT2D eigenvalue weighted by molar-refractivity contribution is -0.165. The van der Waals surface area contributed by atoms with E-state index in [4.69, 9.17) is 16.3 Å². The van der Waals surface area contributed by atoms with Crippen molar-refractivity contribution in [3.05, 3.63) is 28.8 Å². The highest BCUT2D eigenvalue weighted by Crippen LogP contribution is 2.34. The second-order valence-electron chi connectivity index (χ2n) is 6.48. The molecule has 1 aromatic rings. The van der Waals surface area contributed by atoms with Crippen molar-refractivity contribution < 1.29 is 27.5 Å². The topological polar surface area (TPSA) is 58.6 Å². The molecule has 0 aromatic heterocycles. The Hall–Kier alpha value is -1.80. The molecule has 0 unspecified atom stereocenters. The van der Waals surface area contributed by atoms with Crippen LogP contribution >= 0.6 is 11.6 Å². The van der Waals surface area contributed by atoms with Gasteiger partial charge in [0.15, 0.2) is 0 Å². The highest BCUT2D eigenvalue weighted by molar-refractivity contribution is 6.33. The van der Waals surface area contributed by atoms with Gasteiger partial charge in [0.25, 0.3) is 0 Å². The van der Waals surface area contributed by atoms with Crippen molar-refractivity contribution in [1.29, 1.82) is 0 Å². The third-order valence-electron chi connectivity index (χ3n) is 4.71. The molecule has 3 rings (SSSR count). The number of carbonyl (C=O) groups excluding carboxylic acids is 2. The van der Waals surface area contributed by atoms with Crippen LogP contribution in [-0.2, 0) is 20.5 Å². The molecule has 26 heavy (non-hydrogen) atoms. The van der Waals surface area contributed by atoms with E-state index >= 15 is 0 Å². The standard InChI is InChI=1S/C17H18ClF3N2O3/c18-12-5-4-10(17(19,20)21)7-13(12)22-15(24)8-14-16(25)26-9-11-3-1-2-6-23(11)14/h4-5,7,11,14H,1-3,6,8-9H2,(H,22,24)/t11-,14-/m0/s1. The maximum atomic E-state index is 12.8. The first kappa shape index (κ1) is 19.0. The van der Waals surface area contributed by atoms with Crippen molar-refractivity contribution in [2.24, 2.45) is 0 Å². The maximum Gasteiger partial charge on any atom is 0.416 e. The summed E-state index contributed by atoms with van der Waals surface area (Å²) in [6, 6.07) is 2.07. The molecule has 2 aliphatic rings. The summed E-state index contributed by atoms with van der Waals surface area (Å²) in [6.07, 6.45) is -1.87. The molecule has 2 saturated heterocycles. The number of esters is 1. The zero-order valence-electron chi connectivity index (χ0n) is 13.8. The minimum Gasteiger partial charge on any atom is -0.463 e. The molecule has 0 radical (unpaired) electrons. The maximum absolute atomic E-state index is 12.8. The second-order valence-corrected chi connectivity index (χ2v) is 6.89. The number of amides is 1. The van der Waals surface area contributed by atoms with Gasteiger partial charge in [-0.05, 0) is 37.6 Å². The van der Waals surface area contributed by atoms with Crippen LogP contribution in [0.15, 0.2) is 18.2 Å². The summed E-state index contributed by atoms with van der Waals surface area (Å²) in [4.78, 5) is 26.4. The number of anilines is 1. The van der Waals surface area contributed by atoms with Crippen molar-refractivity contribution in [2.75, 3.05) is 18.5 Å². The molecule has 1 aromatic carbocycles. The predicted octanol–water partition coefficient (Wildman–Crippen LogP) is 3.47. The summed E-state index contributed by atoms with van der Waals surface area (Å²) in [5.41, 5.74) is -1.05. The van der Waals surface area contributed by atoms with Crippen LogP contribution in [0.2, 0.25) is 5.02 Å². The van der Waals surface area contributed by atoms with Crippen LogP contribution in [0.4, 0.5) is 18.9 Å². The molecule has 142 valence electrons. The van der Waals surface area contributed by atoms with Gasteiger partial charge in [-0.25, -0.2) is 0 Å². The number of hydrogen-bond acceptors (Lipinski definition) is 4. The highest BCUT2D eigenvalue weighted by atomic mass is 35.5. The summed E-state index contributed by atoms with van der Waals surface area (Å²) in [5.74, 6) is -1.06. The molecule has 2 atom stereocenters. The molecule has 0 aliphatic carbocycles. The molecule has 2 heterocycles. The van der Waals surface area contributed by atoms with Gasteiger partial charge >= 0.3 is 12.1 Å². The molecule has 0 spiro atoms. The molecule has 0 saturated carbocycles. The van der Waals surface area contributed by atoms with Crippen molar-refractivity contribution in [2.45, 2.75) is 43.9 Å². The largest absolute Gasteiger partial charge is 0.463 e. The van der Waals surface area contributed by atoms with E-state index < -0.39 is 29.7 Å². The van der Waals surface area contributed by atoms with E-state index in [0.29, 0.717) is 13.2 Å². The molecule has 5 nitrogen and oxygen atoms in total. The van der Waals surface area contributed by atoms with Gasteiger partial charge in [-0.3, -0.25) is 14.5 Å². The summed E-state index contributed by atoms with van der Waals surface area (Å²) >= 11 is 5.89. The van der Waals surface area contributed by atoms with E-state index in [9.17, 15) is 22.8 Å². The number of alkyl halides is 3. The van der Waals surface area contributed by atoms with Gasteiger partial charge < -0.3 is 10.1 Å². The molecule has 2 aliphatic heterocycles. The summed E-state index contributed by atoms with van der Waals surface area (Å²) in [7, 11) is 0. The number of rotatable bonds is 3. The number of cyclic esters (lactones) is 1. The number of ether oxygens (including phenoxy) is 1. The average Bonchev–Trinajstić information content (AvgIpc) is 2.58. The molecule has 9 heteroatoms. The Morgan fingerprint density at radius 3 is 2.85 bits per heavy atom. The molecular formula is C17H18ClF3N2O3. The Morgan fingerprint density at radius 1 is 1.35 bits per heavy atom. The summed E-state index contributed by atoms with van der Waals surface area (Å²) < 4.78 is 43.6. The van der Waals surface area contributed by atoms with Crippen LogP contribution in [-0.4, -0.2) is 42.0 Å². The summed E-state index contributed by atoms with van der Waals surface area (Å²) in [6.45, 7) is 1.01. The first-order chi connectivity index (χ1) is 12.3. The quantitative estimate of drug-likeness (QED) is 0.803. The van der Waals surface area contributed by atoms with E-state index in [1.807, 2.05) is 4.90 Å². The third-order valence-corrected chi connectivity index (χ3v) is 5.04. The third kappa shape index (κ3) is 4.12. The van der Waals surface area contributed by atoms with Gasteiger partial charge in [0.2, 0.25) is 5.91 Å². The zero-order chi connectivity index (χ0) is 18.9. The van der Waals surface area contributed by atoms with Gasteiger partial charge in [-0.2, -0.15) is 13.2 Å². The van der Waals surface area contributed by atoms with Crippen LogP contribution in [0.3, 0.4) is 0 Å². The number of fused-ring (bicyclic) bond motifs is 1. The molecule has 2 fully saturated rings. The first-order valence-corrected chi connectivity index (χ1v) is 8.72. The normalized spacial score (nSPS) is 23.9.